The number of hydrogen-bond donors (Lipinski definition) is 1. The summed E-state index contributed by atoms with van der Waals surface area (Å²) in [7, 11) is 3.98. The molecule has 0 fully saturated rings. The van der Waals surface area contributed by atoms with E-state index < -0.39 is 0 Å². The zero-order valence-corrected chi connectivity index (χ0v) is 15.6. The van der Waals surface area contributed by atoms with Crippen molar-refractivity contribution in [1.82, 2.24) is 15.3 Å². The topological polar surface area (TPSA) is 41.1 Å². The summed E-state index contributed by atoms with van der Waals surface area (Å²) in [6.07, 6.45) is 6.10. The van der Waals surface area contributed by atoms with E-state index in [1.54, 1.807) is 6.33 Å². The number of aryl methyl sites for hydroxylation is 1. The number of nitrogens with one attached hydrogen (secondary N) is 1. The molecule has 134 valence electrons. The highest BCUT2D eigenvalue weighted by molar-refractivity contribution is 5.91. The lowest BCUT2D eigenvalue weighted by atomic mass is 10.1. The Hall–Kier alpha value is -2.88. The van der Waals surface area contributed by atoms with E-state index in [4.69, 9.17) is 0 Å². The van der Waals surface area contributed by atoms with Crippen LogP contribution in [0.4, 0.5) is 11.5 Å². The molecule has 1 N–H and O–H groups in total. The zero-order chi connectivity index (χ0) is 18.4. The minimum absolute atomic E-state index is 0.925. The number of para-hydroxylation sites is 1. The second-order valence-corrected chi connectivity index (χ2v) is 6.50. The first-order chi connectivity index (χ1) is 12.7. The van der Waals surface area contributed by atoms with Gasteiger partial charge in [-0.2, -0.15) is 0 Å². The van der Waals surface area contributed by atoms with E-state index in [-0.39, 0.29) is 0 Å². The highest BCUT2D eigenvalue weighted by Crippen LogP contribution is 2.28. The van der Waals surface area contributed by atoms with Gasteiger partial charge in [-0.15, -0.1) is 0 Å². The highest BCUT2D eigenvalue weighted by Gasteiger charge is 2.10. The van der Waals surface area contributed by atoms with E-state index >= 15 is 0 Å². The molecule has 2 aromatic carbocycles. The van der Waals surface area contributed by atoms with Crippen LogP contribution in [0.1, 0.15) is 24.8 Å². The molecule has 0 amide bonds. The Bertz CT molecular complexity index is 865. The molecule has 0 spiro atoms. The second kappa shape index (κ2) is 8.48. The first-order valence-electron chi connectivity index (χ1n) is 9.07. The number of rotatable bonds is 8. The molecule has 0 radical (unpaired) electrons. The number of allylic oxidation sites excluding steroid dienone is 1. The quantitative estimate of drug-likeness (QED) is 0.592. The normalized spacial score (nSPS) is 10.7. The summed E-state index contributed by atoms with van der Waals surface area (Å²) in [5.74, 6) is 0.925. The van der Waals surface area contributed by atoms with Gasteiger partial charge in [0.15, 0.2) is 0 Å². The molecule has 3 aromatic rings. The molecule has 1 heterocycles. The SMILES string of the molecule is C=C(CCCCc1ccc(N(C)c2ncnc3ccccc23)cc1)NC. The Balaban J connectivity index is 1.67. The molecule has 0 atom stereocenters. The summed E-state index contributed by atoms with van der Waals surface area (Å²) in [5.41, 5.74) is 4.56. The number of hydrogen-bond acceptors (Lipinski definition) is 4. The van der Waals surface area contributed by atoms with Crippen LogP contribution in [-0.2, 0) is 6.42 Å². The molecule has 0 aliphatic rings. The third kappa shape index (κ3) is 4.20. The molecule has 0 aliphatic carbocycles. The molecule has 0 saturated carbocycles. The largest absolute Gasteiger partial charge is 0.392 e. The van der Waals surface area contributed by atoms with Crippen LogP contribution in [0.25, 0.3) is 10.9 Å². The van der Waals surface area contributed by atoms with Crippen LogP contribution in [0.2, 0.25) is 0 Å². The molecule has 4 heteroatoms. The average molecular weight is 346 g/mol. The lowest BCUT2D eigenvalue weighted by Gasteiger charge is -2.20. The number of anilines is 2. The molecule has 0 aliphatic heterocycles. The molecule has 3 rings (SSSR count). The number of benzene rings is 2. The zero-order valence-electron chi connectivity index (χ0n) is 15.6. The van der Waals surface area contributed by atoms with E-state index in [2.05, 4.69) is 57.1 Å². The maximum absolute atomic E-state index is 4.49. The van der Waals surface area contributed by atoms with E-state index in [0.717, 1.165) is 47.4 Å². The number of aromatic nitrogens is 2. The standard InChI is InChI=1S/C22H26N4/c1-17(23-2)8-4-5-9-18-12-14-19(15-13-18)26(3)22-20-10-6-7-11-21(20)24-16-25-22/h6-7,10-16,23H,1,4-5,8-9H2,2-3H3. The van der Waals surface area contributed by atoms with Gasteiger partial charge in [-0.1, -0.05) is 30.8 Å². The Morgan fingerprint density at radius 1 is 1.04 bits per heavy atom. The van der Waals surface area contributed by atoms with E-state index in [1.807, 2.05) is 32.3 Å². The van der Waals surface area contributed by atoms with Crippen LogP contribution in [0.5, 0.6) is 0 Å². The minimum Gasteiger partial charge on any atom is -0.392 e. The van der Waals surface area contributed by atoms with E-state index in [1.165, 1.54) is 12.0 Å². The van der Waals surface area contributed by atoms with Gasteiger partial charge in [-0.25, -0.2) is 9.97 Å². The Morgan fingerprint density at radius 3 is 2.58 bits per heavy atom. The fourth-order valence-corrected chi connectivity index (χ4v) is 3.06. The van der Waals surface area contributed by atoms with Crippen molar-refractivity contribution in [3.8, 4) is 0 Å². The van der Waals surface area contributed by atoms with Crippen LogP contribution >= 0.6 is 0 Å². The molecule has 0 unspecified atom stereocenters. The Labute approximate surface area is 155 Å². The molecule has 0 bridgehead atoms. The highest BCUT2D eigenvalue weighted by atomic mass is 15.2. The van der Waals surface area contributed by atoms with Crippen LogP contribution in [-0.4, -0.2) is 24.1 Å². The summed E-state index contributed by atoms with van der Waals surface area (Å²) in [6.45, 7) is 3.97. The van der Waals surface area contributed by atoms with Crippen molar-refractivity contribution in [3.63, 3.8) is 0 Å². The molecular formula is C22H26N4. The van der Waals surface area contributed by atoms with Gasteiger partial charge in [0.25, 0.3) is 0 Å². The van der Waals surface area contributed by atoms with E-state index in [9.17, 15) is 0 Å². The third-order valence-corrected chi connectivity index (χ3v) is 4.71. The summed E-state index contributed by atoms with van der Waals surface area (Å²) >= 11 is 0. The summed E-state index contributed by atoms with van der Waals surface area (Å²) < 4.78 is 0. The van der Waals surface area contributed by atoms with Crippen molar-refractivity contribution in [2.24, 2.45) is 0 Å². The van der Waals surface area contributed by atoms with Gasteiger partial charge in [0, 0.05) is 30.9 Å². The van der Waals surface area contributed by atoms with Crippen LogP contribution in [0, 0.1) is 0 Å². The number of nitrogens with zero attached hydrogens (tertiary/aromatic N) is 3. The first kappa shape index (κ1) is 17.9. The monoisotopic (exact) mass is 346 g/mol. The predicted molar refractivity (Wildman–Crippen MR) is 110 cm³/mol. The number of unbranched alkanes of at least 4 members (excludes halogenated alkanes) is 1. The lowest BCUT2D eigenvalue weighted by molar-refractivity contribution is 0.705. The molecule has 4 nitrogen and oxygen atoms in total. The molecular weight excluding hydrogens is 320 g/mol. The van der Waals surface area contributed by atoms with Gasteiger partial charge in [0.1, 0.15) is 12.1 Å². The predicted octanol–water partition coefficient (Wildman–Crippen LogP) is 4.84. The van der Waals surface area contributed by atoms with Crippen LogP contribution in [0.15, 0.2) is 67.1 Å². The minimum atomic E-state index is 0.925. The summed E-state index contributed by atoms with van der Waals surface area (Å²) in [4.78, 5) is 11.0. The van der Waals surface area contributed by atoms with Gasteiger partial charge in [0.05, 0.1) is 5.52 Å². The van der Waals surface area contributed by atoms with Crippen molar-refractivity contribution in [2.45, 2.75) is 25.7 Å². The van der Waals surface area contributed by atoms with Gasteiger partial charge in [-0.3, -0.25) is 0 Å². The Morgan fingerprint density at radius 2 is 1.81 bits per heavy atom. The maximum Gasteiger partial charge on any atom is 0.144 e. The van der Waals surface area contributed by atoms with Crippen LogP contribution < -0.4 is 10.2 Å². The van der Waals surface area contributed by atoms with Crippen molar-refractivity contribution in [3.05, 3.63) is 72.7 Å². The Kier molecular flexibility index (Phi) is 5.84. The van der Waals surface area contributed by atoms with Crippen molar-refractivity contribution < 1.29 is 0 Å². The van der Waals surface area contributed by atoms with Gasteiger partial charge in [-0.05, 0) is 55.5 Å². The van der Waals surface area contributed by atoms with Crippen LogP contribution in [0.3, 0.4) is 0 Å². The first-order valence-corrected chi connectivity index (χ1v) is 9.07. The molecule has 26 heavy (non-hydrogen) atoms. The van der Waals surface area contributed by atoms with Gasteiger partial charge in [0.2, 0.25) is 0 Å². The summed E-state index contributed by atoms with van der Waals surface area (Å²) in [5, 5.41) is 4.16. The maximum atomic E-state index is 4.49. The number of fused-ring (bicyclic) bond motifs is 1. The van der Waals surface area contributed by atoms with Gasteiger partial charge >= 0.3 is 0 Å². The van der Waals surface area contributed by atoms with E-state index in [0.29, 0.717) is 0 Å². The smallest absolute Gasteiger partial charge is 0.144 e. The van der Waals surface area contributed by atoms with Crippen molar-refractivity contribution in [1.29, 1.82) is 0 Å². The fraction of sp³-hybridized carbons (Fsp3) is 0.273. The lowest BCUT2D eigenvalue weighted by Crippen LogP contribution is -2.12. The molecule has 0 saturated heterocycles. The van der Waals surface area contributed by atoms with Gasteiger partial charge < -0.3 is 10.2 Å². The summed E-state index contributed by atoms with van der Waals surface area (Å²) in [6, 6.07) is 16.9. The third-order valence-electron chi connectivity index (χ3n) is 4.71. The van der Waals surface area contributed by atoms with Crippen molar-refractivity contribution >= 4 is 22.4 Å². The molecule has 1 aromatic heterocycles. The second-order valence-electron chi connectivity index (χ2n) is 6.50. The average Bonchev–Trinajstić information content (AvgIpc) is 2.70. The van der Waals surface area contributed by atoms with Crippen molar-refractivity contribution in [2.75, 3.05) is 19.0 Å². The fourth-order valence-electron chi connectivity index (χ4n) is 3.06.